The van der Waals surface area contributed by atoms with E-state index < -0.39 is 17.7 Å². The maximum Gasteiger partial charge on any atom is 0.163 e. The first-order valence-corrected chi connectivity index (χ1v) is 7.96. The average molecular weight is 289 g/mol. The molecule has 1 aliphatic rings. The Morgan fingerprint density at radius 3 is 2.67 bits per heavy atom. The SMILES string of the molecule is CC1SCC(C(N)c2cccc(F)c2F)SC1C. The Kier molecular flexibility index (Phi) is 4.56. The van der Waals surface area contributed by atoms with Gasteiger partial charge >= 0.3 is 0 Å². The van der Waals surface area contributed by atoms with E-state index in [0.29, 0.717) is 10.5 Å². The second kappa shape index (κ2) is 5.80. The van der Waals surface area contributed by atoms with E-state index in [0.717, 1.165) is 11.8 Å². The molecule has 1 aromatic rings. The summed E-state index contributed by atoms with van der Waals surface area (Å²) in [5.41, 5.74) is 6.39. The Morgan fingerprint density at radius 1 is 1.28 bits per heavy atom. The summed E-state index contributed by atoms with van der Waals surface area (Å²) in [4.78, 5) is 0. The van der Waals surface area contributed by atoms with Crippen molar-refractivity contribution in [1.29, 1.82) is 0 Å². The van der Waals surface area contributed by atoms with Crippen LogP contribution in [0, 0.1) is 11.6 Å². The lowest BCUT2D eigenvalue weighted by Crippen LogP contribution is -2.34. The molecule has 1 aromatic carbocycles. The molecule has 0 radical (unpaired) electrons. The number of halogens is 2. The molecule has 18 heavy (non-hydrogen) atoms. The Labute approximate surface area is 115 Å². The van der Waals surface area contributed by atoms with Crippen molar-refractivity contribution in [3.63, 3.8) is 0 Å². The first kappa shape index (κ1) is 14.2. The van der Waals surface area contributed by atoms with Crippen LogP contribution in [-0.2, 0) is 0 Å². The molecule has 4 unspecified atom stereocenters. The minimum absolute atomic E-state index is 0.137. The standard InChI is InChI=1S/C13H17F2NS2/c1-7-8(2)18-11(6-17-7)13(16)9-4-3-5-10(14)12(9)15/h3-5,7-8,11,13H,6,16H2,1-2H3. The van der Waals surface area contributed by atoms with Gasteiger partial charge in [-0.2, -0.15) is 23.5 Å². The average Bonchev–Trinajstić information content (AvgIpc) is 2.35. The van der Waals surface area contributed by atoms with Crippen LogP contribution in [0.2, 0.25) is 0 Å². The zero-order valence-electron chi connectivity index (χ0n) is 10.4. The molecular formula is C13H17F2NS2. The molecule has 100 valence electrons. The Hall–Kier alpha value is -0.260. The van der Waals surface area contributed by atoms with Gasteiger partial charge in [-0.15, -0.1) is 0 Å². The van der Waals surface area contributed by atoms with E-state index in [1.165, 1.54) is 6.07 Å². The minimum atomic E-state index is -0.821. The van der Waals surface area contributed by atoms with Gasteiger partial charge in [0.05, 0.1) is 0 Å². The van der Waals surface area contributed by atoms with E-state index in [1.807, 2.05) is 11.8 Å². The van der Waals surface area contributed by atoms with Crippen LogP contribution in [0.25, 0.3) is 0 Å². The van der Waals surface area contributed by atoms with Crippen molar-refractivity contribution in [3.8, 4) is 0 Å². The molecule has 1 fully saturated rings. The van der Waals surface area contributed by atoms with Crippen molar-refractivity contribution in [3.05, 3.63) is 35.4 Å². The number of rotatable bonds is 2. The van der Waals surface area contributed by atoms with E-state index >= 15 is 0 Å². The van der Waals surface area contributed by atoms with Gasteiger partial charge in [0.1, 0.15) is 0 Å². The predicted molar refractivity (Wildman–Crippen MR) is 76.0 cm³/mol. The topological polar surface area (TPSA) is 26.0 Å². The summed E-state index contributed by atoms with van der Waals surface area (Å²) in [7, 11) is 0. The van der Waals surface area contributed by atoms with Crippen LogP contribution in [0.4, 0.5) is 8.78 Å². The normalized spacial score (nSPS) is 30.2. The third kappa shape index (κ3) is 2.83. The summed E-state index contributed by atoms with van der Waals surface area (Å²) in [6, 6.07) is 3.77. The van der Waals surface area contributed by atoms with E-state index in [4.69, 9.17) is 5.73 Å². The van der Waals surface area contributed by atoms with Gasteiger partial charge in [0.2, 0.25) is 0 Å². The number of hydrogen-bond donors (Lipinski definition) is 1. The fourth-order valence-electron chi connectivity index (χ4n) is 1.97. The van der Waals surface area contributed by atoms with Gasteiger partial charge < -0.3 is 5.73 Å². The molecule has 0 aromatic heterocycles. The molecule has 0 saturated carbocycles. The van der Waals surface area contributed by atoms with Crippen LogP contribution < -0.4 is 5.73 Å². The lowest BCUT2D eigenvalue weighted by molar-refractivity contribution is 0.488. The second-order valence-corrected chi connectivity index (χ2v) is 7.62. The van der Waals surface area contributed by atoms with E-state index in [2.05, 4.69) is 13.8 Å². The van der Waals surface area contributed by atoms with E-state index in [-0.39, 0.29) is 10.8 Å². The third-order valence-electron chi connectivity index (χ3n) is 3.32. The number of benzene rings is 1. The van der Waals surface area contributed by atoms with Crippen molar-refractivity contribution in [2.24, 2.45) is 5.73 Å². The zero-order chi connectivity index (χ0) is 13.3. The maximum absolute atomic E-state index is 13.7. The maximum atomic E-state index is 13.7. The lowest BCUT2D eigenvalue weighted by atomic mass is 10.0. The molecule has 2 rings (SSSR count). The van der Waals surface area contributed by atoms with Crippen molar-refractivity contribution >= 4 is 23.5 Å². The van der Waals surface area contributed by atoms with Gasteiger partial charge in [0.15, 0.2) is 11.6 Å². The molecule has 0 spiro atoms. The molecule has 0 amide bonds. The summed E-state index contributed by atoms with van der Waals surface area (Å²) in [5.74, 6) is -0.743. The molecule has 1 heterocycles. The first-order valence-electron chi connectivity index (χ1n) is 5.97. The smallest absolute Gasteiger partial charge is 0.163 e. The summed E-state index contributed by atoms with van der Waals surface area (Å²) in [6.45, 7) is 4.34. The van der Waals surface area contributed by atoms with Gasteiger partial charge in [-0.25, -0.2) is 8.78 Å². The molecule has 4 atom stereocenters. The van der Waals surface area contributed by atoms with Gasteiger partial charge in [-0.3, -0.25) is 0 Å². The van der Waals surface area contributed by atoms with Gasteiger partial charge in [-0.1, -0.05) is 26.0 Å². The van der Waals surface area contributed by atoms with Crippen LogP contribution in [0.5, 0.6) is 0 Å². The molecule has 5 heteroatoms. The predicted octanol–water partition coefficient (Wildman–Crippen LogP) is 3.59. The summed E-state index contributed by atoms with van der Waals surface area (Å²) >= 11 is 3.63. The van der Waals surface area contributed by atoms with Gasteiger partial charge in [-0.05, 0) is 6.07 Å². The Bertz CT molecular complexity index is 427. The van der Waals surface area contributed by atoms with E-state index in [9.17, 15) is 8.78 Å². The summed E-state index contributed by atoms with van der Waals surface area (Å²) in [5, 5.41) is 1.20. The van der Waals surface area contributed by atoms with Gasteiger partial charge in [0, 0.05) is 33.1 Å². The van der Waals surface area contributed by atoms with Crippen molar-refractivity contribution < 1.29 is 8.78 Å². The number of thioether (sulfide) groups is 2. The van der Waals surface area contributed by atoms with Crippen LogP contribution in [0.3, 0.4) is 0 Å². The highest BCUT2D eigenvalue weighted by Gasteiger charge is 2.31. The highest BCUT2D eigenvalue weighted by atomic mass is 32.2. The lowest BCUT2D eigenvalue weighted by Gasteiger charge is -2.34. The molecule has 1 saturated heterocycles. The Morgan fingerprint density at radius 2 is 2.00 bits per heavy atom. The molecule has 1 nitrogen and oxygen atoms in total. The molecule has 0 bridgehead atoms. The molecule has 2 N–H and O–H groups in total. The van der Waals surface area contributed by atoms with Gasteiger partial charge in [0.25, 0.3) is 0 Å². The fraction of sp³-hybridized carbons (Fsp3) is 0.538. The number of nitrogens with two attached hydrogens (primary N) is 1. The number of hydrogen-bond acceptors (Lipinski definition) is 3. The van der Waals surface area contributed by atoms with Crippen LogP contribution in [-0.4, -0.2) is 21.5 Å². The molecule has 0 aliphatic carbocycles. The molecule has 1 aliphatic heterocycles. The highest BCUT2D eigenvalue weighted by molar-refractivity contribution is 8.07. The van der Waals surface area contributed by atoms with Crippen molar-refractivity contribution in [2.45, 2.75) is 35.6 Å². The Balaban J connectivity index is 2.16. The quantitative estimate of drug-likeness (QED) is 0.901. The van der Waals surface area contributed by atoms with Crippen molar-refractivity contribution in [1.82, 2.24) is 0 Å². The summed E-state index contributed by atoms with van der Waals surface area (Å²) in [6.07, 6.45) is 0. The minimum Gasteiger partial charge on any atom is -0.323 e. The summed E-state index contributed by atoms with van der Waals surface area (Å²) < 4.78 is 26.9. The van der Waals surface area contributed by atoms with Crippen molar-refractivity contribution in [2.75, 3.05) is 5.75 Å². The monoisotopic (exact) mass is 289 g/mol. The zero-order valence-corrected chi connectivity index (χ0v) is 12.0. The first-order chi connectivity index (χ1) is 8.50. The second-order valence-electron chi connectivity index (χ2n) is 4.59. The largest absolute Gasteiger partial charge is 0.323 e. The van der Waals surface area contributed by atoms with E-state index in [1.54, 1.807) is 17.8 Å². The van der Waals surface area contributed by atoms with Crippen LogP contribution >= 0.6 is 23.5 Å². The highest BCUT2D eigenvalue weighted by Crippen LogP contribution is 2.40. The fourth-order valence-corrected chi connectivity index (χ4v) is 5.01. The third-order valence-corrected chi connectivity index (χ3v) is 6.83. The van der Waals surface area contributed by atoms with Crippen LogP contribution in [0.15, 0.2) is 18.2 Å². The van der Waals surface area contributed by atoms with Crippen LogP contribution in [0.1, 0.15) is 25.5 Å². The molecular weight excluding hydrogens is 272 g/mol.